The van der Waals surface area contributed by atoms with Crippen molar-refractivity contribution >= 4 is 49.0 Å². The van der Waals surface area contributed by atoms with Gasteiger partial charge in [-0.3, -0.25) is 18.9 Å². The first-order valence-corrected chi connectivity index (χ1v) is 18.0. The highest BCUT2D eigenvalue weighted by molar-refractivity contribution is 7.93. The molecule has 0 radical (unpaired) electrons. The zero-order valence-electron chi connectivity index (χ0n) is 24.1. The van der Waals surface area contributed by atoms with Gasteiger partial charge >= 0.3 is 6.18 Å². The minimum Gasteiger partial charge on any atom is -0.366 e. The molecular weight excluding hydrogens is 669 g/mol. The number of halogens is 4. The van der Waals surface area contributed by atoms with Crippen molar-refractivity contribution in [3.63, 3.8) is 0 Å². The molecule has 6 rings (SSSR count). The van der Waals surface area contributed by atoms with Crippen LogP contribution in [-0.4, -0.2) is 51.2 Å². The second-order valence-corrected chi connectivity index (χ2v) is 16.4. The Balaban J connectivity index is 1.38. The van der Waals surface area contributed by atoms with Gasteiger partial charge in [0, 0.05) is 22.7 Å². The monoisotopic (exact) mass is 696 g/mol. The Morgan fingerprint density at radius 1 is 1.04 bits per heavy atom. The fraction of sp³-hybridized carbons (Fsp3) is 0.367. The van der Waals surface area contributed by atoms with Crippen LogP contribution in [0.15, 0.2) is 59.6 Å². The van der Waals surface area contributed by atoms with Crippen LogP contribution in [0.2, 0.25) is 5.02 Å². The average molecular weight is 697 g/mol. The molecule has 1 aliphatic carbocycles. The molecule has 2 amide bonds. The Morgan fingerprint density at radius 2 is 1.67 bits per heavy atom. The molecule has 1 saturated carbocycles. The number of anilines is 1. The number of pyridine rings is 1. The molecule has 3 aliphatic rings. The minimum absolute atomic E-state index is 0.0200. The SMILES string of the molecule is NC(=O)c1ccc(S(=O)(=O)N2c3ccc(C(=O)NCc4ncc(C(F)(F)F)cc4Cl)cc3C3(CCS(=O)(=O)CC3)C2C2CC2)cc1. The lowest BCUT2D eigenvalue weighted by Gasteiger charge is -2.41. The molecule has 1 saturated heterocycles. The number of rotatable bonds is 7. The molecule has 244 valence electrons. The summed E-state index contributed by atoms with van der Waals surface area (Å²) >= 11 is 6.00. The number of carbonyl (C=O) groups is 2. The maximum Gasteiger partial charge on any atom is 0.417 e. The Morgan fingerprint density at radius 3 is 2.24 bits per heavy atom. The van der Waals surface area contributed by atoms with E-state index < -0.39 is 54.9 Å². The van der Waals surface area contributed by atoms with E-state index in [1.165, 1.54) is 40.7 Å². The number of alkyl halides is 3. The maximum absolute atomic E-state index is 14.3. The molecule has 1 atom stereocenters. The highest BCUT2D eigenvalue weighted by Crippen LogP contribution is 2.59. The normalized spacial score (nSPS) is 20.3. The van der Waals surface area contributed by atoms with Crippen LogP contribution in [0.3, 0.4) is 0 Å². The third-order valence-corrected chi connectivity index (χ3v) is 12.8. The fourth-order valence-corrected chi connectivity index (χ4v) is 10.1. The van der Waals surface area contributed by atoms with Crippen molar-refractivity contribution in [1.82, 2.24) is 10.3 Å². The van der Waals surface area contributed by atoms with Crippen LogP contribution < -0.4 is 15.4 Å². The number of primary amides is 1. The van der Waals surface area contributed by atoms with Gasteiger partial charge in [-0.2, -0.15) is 13.2 Å². The number of carbonyl (C=O) groups excluding carboxylic acids is 2. The molecule has 1 aromatic heterocycles. The highest BCUT2D eigenvalue weighted by Gasteiger charge is 2.60. The number of fused-ring (bicyclic) bond motifs is 2. The molecule has 3 heterocycles. The fourth-order valence-electron chi connectivity index (χ4n) is 6.53. The third-order valence-electron chi connectivity index (χ3n) is 9.00. The van der Waals surface area contributed by atoms with Gasteiger partial charge in [0.2, 0.25) is 5.91 Å². The zero-order valence-corrected chi connectivity index (χ0v) is 26.4. The van der Waals surface area contributed by atoms with Crippen LogP contribution in [0.1, 0.15) is 63.2 Å². The van der Waals surface area contributed by atoms with Gasteiger partial charge in [0.25, 0.3) is 15.9 Å². The first-order chi connectivity index (χ1) is 21.5. The lowest BCUT2D eigenvalue weighted by Crippen LogP contribution is -2.52. The predicted molar refractivity (Wildman–Crippen MR) is 163 cm³/mol. The summed E-state index contributed by atoms with van der Waals surface area (Å²) in [5, 5.41) is 2.33. The molecule has 2 fully saturated rings. The topological polar surface area (TPSA) is 157 Å². The van der Waals surface area contributed by atoms with Crippen molar-refractivity contribution in [1.29, 1.82) is 0 Å². The number of amides is 2. The summed E-state index contributed by atoms with van der Waals surface area (Å²) < 4.78 is 94.1. The largest absolute Gasteiger partial charge is 0.417 e. The van der Waals surface area contributed by atoms with E-state index in [0.29, 0.717) is 17.4 Å². The molecule has 0 bridgehead atoms. The summed E-state index contributed by atoms with van der Waals surface area (Å²) in [6, 6.07) is 9.92. The summed E-state index contributed by atoms with van der Waals surface area (Å²) in [5.74, 6) is -1.66. The number of nitrogens with one attached hydrogen (secondary N) is 1. The van der Waals surface area contributed by atoms with E-state index in [1.54, 1.807) is 6.07 Å². The quantitative estimate of drug-likeness (QED) is 0.375. The van der Waals surface area contributed by atoms with Crippen molar-refractivity contribution in [2.75, 3.05) is 15.8 Å². The molecule has 16 heteroatoms. The van der Waals surface area contributed by atoms with Crippen LogP contribution in [0.5, 0.6) is 0 Å². The molecule has 3 aromatic rings. The third kappa shape index (κ3) is 5.72. The van der Waals surface area contributed by atoms with E-state index >= 15 is 0 Å². The molecule has 3 N–H and O–H groups in total. The van der Waals surface area contributed by atoms with Gasteiger partial charge in [0.15, 0.2) is 0 Å². The summed E-state index contributed by atoms with van der Waals surface area (Å²) in [4.78, 5) is 28.6. The number of sulfone groups is 1. The Bertz CT molecular complexity index is 1950. The second-order valence-electron chi connectivity index (χ2n) is 11.8. The van der Waals surface area contributed by atoms with Gasteiger partial charge in [-0.1, -0.05) is 11.6 Å². The van der Waals surface area contributed by atoms with Crippen molar-refractivity contribution in [3.8, 4) is 0 Å². The van der Waals surface area contributed by atoms with Crippen LogP contribution in [0.25, 0.3) is 0 Å². The molecule has 2 aliphatic heterocycles. The minimum atomic E-state index is -4.64. The second kappa shape index (κ2) is 11.2. The average Bonchev–Trinajstić information content (AvgIpc) is 3.80. The molecule has 46 heavy (non-hydrogen) atoms. The van der Waals surface area contributed by atoms with Gasteiger partial charge in [0.1, 0.15) is 9.84 Å². The van der Waals surface area contributed by atoms with Crippen LogP contribution in [0, 0.1) is 5.92 Å². The van der Waals surface area contributed by atoms with Crippen LogP contribution >= 0.6 is 11.6 Å². The molecule has 10 nitrogen and oxygen atoms in total. The zero-order chi connectivity index (χ0) is 33.2. The van der Waals surface area contributed by atoms with E-state index in [0.717, 1.165) is 18.9 Å². The van der Waals surface area contributed by atoms with Crippen molar-refractivity contribution < 1.29 is 39.6 Å². The predicted octanol–water partition coefficient (Wildman–Crippen LogP) is 4.22. The molecular formula is C30H28ClF3N4O6S2. The van der Waals surface area contributed by atoms with Gasteiger partial charge in [0.05, 0.1) is 51.0 Å². The lowest BCUT2D eigenvalue weighted by molar-refractivity contribution is -0.137. The Kier molecular flexibility index (Phi) is 7.88. The highest BCUT2D eigenvalue weighted by atomic mass is 35.5. The lowest BCUT2D eigenvalue weighted by atomic mass is 9.70. The van der Waals surface area contributed by atoms with E-state index in [1.807, 2.05) is 0 Å². The number of nitrogens with two attached hydrogens (primary N) is 1. The summed E-state index contributed by atoms with van der Waals surface area (Å²) in [7, 11) is -7.58. The van der Waals surface area contributed by atoms with Crippen molar-refractivity contribution in [2.24, 2.45) is 11.7 Å². The van der Waals surface area contributed by atoms with E-state index in [-0.39, 0.29) is 63.5 Å². The number of hydrogen-bond donors (Lipinski definition) is 2. The van der Waals surface area contributed by atoms with Gasteiger partial charge in [-0.25, -0.2) is 16.8 Å². The standard InChI is InChI=1S/C30H28ClF3N4O6S2/c31-23-14-20(30(32,33)34)15-36-24(23)16-37-28(40)19-5-8-25-22(13-19)29(9-11-45(41,42)12-10-29)26(17-1-2-17)38(25)46(43,44)21-6-3-18(4-7-21)27(35)39/h3-8,13-15,17,26H,1-2,9-12,16H2,(H2,35,39)(H,37,40). The first kappa shape index (κ1) is 32.3. The van der Waals surface area contributed by atoms with Crippen molar-refractivity contribution in [2.45, 2.75) is 54.8 Å². The summed E-state index contributed by atoms with van der Waals surface area (Å²) in [6.07, 6.45) is -2.21. The van der Waals surface area contributed by atoms with Crippen molar-refractivity contribution in [3.05, 3.63) is 87.7 Å². The smallest absolute Gasteiger partial charge is 0.366 e. The number of benzene rings is 2. The number of hydrogen-bond acceptors (Lipinski definition) is 7. The number of nitrogens with zero attached hydrogens (tertiary/aromatic N) is 2. The van der Waals surface area contributed by atoms with Gasteiger partial charge < -0.3 is 11.1 Å². The van der Waals surface area contributed by atoms with E-state index in [9.17, 15) is 39.6 Å². The molecule has 1 spiro atoms. The van der Waals surface area contributed by atoms with Crippen LogP contribution in [0.4, 0.5) is 18.9 Å². The first-order valence-electron chi connectivity index (χ1n) is 14.3. The molecule has 2 aromatic carbocycles. The maximum atomic E-state index is 14.3. The van der Waals surface area contributed by atoms with Gasteiger partial charge in [-0.15, -0.1) is 0 Å². The number of aromatic nitrogens is 1. The number of sulfonamides is 1. The summed E-state index contributed by atoms with van der Waals surface area (Å²) in [6.45, 7) is -0.275. The van der Waals surface area contributed by atoms with E-state index in [4.69, 9.17) is 17.3 Å². The van der Waals surface area contributed by atoms with Crippen LogP contribution in [-0.2, 0) is 38.0 Å². The Labute approximate surface area is 268 Å². The summed E-state index contributed by atoms with van der Waals surface area (Å²) in [5.41, 5.74) is 4.59. The Hall–Kier alpha value is -3.69. The molecule has 1 unspecified atom stereocenters. The van der Waals surface area contributed by atoms with Gasteiger partial charge in [-0.05, 0) is 85.7 Å². The van der Waals surface area contributed by atoms with E-state index in [2.05, 4.69) is 10.3 Å².